The third kappa shape index (κ3) is 2.81. The molecule has 1 N–H and O–H groups in total. The second kappa shape index (κ2) is 6.13. The zero-order valence-electron chi connectivity index (χ0n) is 13.7. The van der Waals surface area contributed by atoms with E-state index < -0.39 is 11.8 Å². The number of nitrogens with zero attached hydrogens (tertiary/aromatic N) is 1. The summed E-state index contributed by atoms with van der Waals surface area (Å²) in [5.41, 5.74) is 4.43. The van der Waals surface area contributed by atoms with E-state index in [4.69, 9.17) is 11.6 Å². The number of halogens is 1. The summed E-state index contributed by atoms with van der Waals surface area (Å²) in [4.78, 5) is 26.2. The molecule has 2 aromatic carbocycles. The average Bonchev–Trinajstić information content (AvgIpc) is 2.76. The molecule has 122 valence electrons. The number of rotatable bonds is 3. The first-order valence-corrected chi connectivity index (χ1v) is 7.96. The number of benzene rings is 2. The quantitative estimate of drug-likeness (QED) is 0.858. The van der Waals surface area contributed by atoms with Gasteiger partial charge >= 0.3 is 0 Å². The minimum absolute atomic E-state index is 0.0959. The summed E-state index contributed by atoms with van der Waals surface area (Å²) in [5, 5.41) is 2.93. The van der Waals surface area contributed by atoms with E-state index in [9.17, 15) is 9.59 Å². The van der Waals surface area contributed by atoms with E-state index in [0.717, 1.165) is 27.3 Å². The van der Waals surface area contributed by atoms with Gasteiger partial charge in [-0.2, -0.15) is 0 Å². The van der Waals surface area contributed by atoms with Crippen LogP contribution < -0.4 is 10.2 Å². The zero-order valence-corrected chi connectivity index (χ0v) is 14.4. The van der Waals surface area contributed by atoms with Crippen molar-refractivity contribution >= 4 is 34.8 Å². The van der Waals surface area contributed by atoms with Crippen LogP contribution in [0.4, 0.5) is 11.4 Å². The smallest absolute Gasteiger partial charge is 0.283 e. The van der Waals surface area contributed by atoms with E-state index in [1.54, 1.807) is 12.1 Å². The molecule has 0 bridgehead atoms. The number of hydrogen-bond donors (Lipinski definition) is 1. The van der Waals surface area contributed by atoms with Gasteiger partial charge in [0.25, 0.3) is 11.8 Å². The van der Waals surface area contributed by atoms with Crippen molar-refractivity contribution in [1.29, 1.82) is 0 Å². The molecule has 0 saturated heterocycles. The monoisotopic (exact) mass is 340 g/mol. The number of amides is 2. The van der Waals surface area contributed by atoms with Gasteiger partial charge in [0.2, 0.25) is 0 Å². The van der Waals surface area contributed by atoms with Crippen LogP contribution in [0.1, 0.15) is 16.7 Å². The van der Waals surface area contributed by atoms with Crippen LogP contribution in [0, 0.1) is 20.8 Å². The first-order chi connectivity index (χ1) is 11.4. The van der Waals surface area contributed by atoms with Crippen molar-refractivity contribution in [2.45, 2.75) is 20.8 Å². The molecule has 1 aliphatic rings. The SMILES string of the molecule is Cc1ccc(N2C(=O)C(Cl)=C(Nc3cc(C)ccc3C)C2=O)cc1. The van der Waals surface area contributed by atoms with Crippen LogP contribution in [0.3, 0.4) is 0 Å². The topological polar surface area (TPSA) is 49.4 Å². The number of imide groups is 1. The maximum atomic E-state index is 12.7. The van der Waals surface area contributed by atoms with E-state index in [-0.39, 0.29) is 10.7 Å². The molecule has 0 aromatic heterocycles. The summed E-state index contributed by atoms with van der Waals surface area (Å²) >= 11 is 6.15. The van der Waals surface area contributed by atoms with Crippen molar-refractivity contribution < 1.29 is 9.59 Å². The minimum Gasteiger partial charge on any atom is -0.349 e. The van der Waals surface area contributed by atoms with Gasteiger partial charge in [0, 0.05) is 5.69 Å². The Bertz CT molecular complexity index is 869. The molecule has 1 heterocycles. The number of carbonyl (C=O) groups is 2. The molecule has 2 aromatic rings. The van der Waals surface area contributed by atoms with Gasteiger partial charge in [0.15, 0.2) is 0 Å². The fraction of sp³-hybridized carbons (Fsp3) is 0.158. The number of aryl methyl sites for hydroxylation is 3. The summed E-state index contributed by atoms with van der Waals surface area (Å²) in [6.07, 6.45) is 0. The normalized spacial score (nSPS) is 14.6. The standard InChI is InChI=1S/C19H17ClN2O2/c1-11-5-8-14(9-6-11)22-18(23)16(20)17(19(22)24)21-15-10-12(2)4-7-13(15)3/h4-10,21H,1-3H3. The Labute approximate surface area is 145 Å². The first-order valence-electron chi connectivity index (χ1n) is 7.58. The number of nitrogens with one attached hydrogen (secondary N) is 1. The van der Waals surface area contributed by atoms with Crippen LogP contribution >= 0.6 is 11.6 Å². The fourth-order valence-corrected chi connectivity index (χ4v) is 2.76. The van der Waals surface area contributed by atoms with Crippen LogP contribution in [-0.2, 0) is 9.59 Å². The lowest BCUT2D eigenvalue weighted by atomic mass is 10.1. The zero-order chi connectivity index (χ0) is 17.4. The molecule has 0 aliphatic carbocycles. The Morgan fingerprint density at radius 2 is 1.50 bits per heavy atom. The van der Waals surface area contributed by atoms with Crippen molar-refractivity contribution in [3.8, 4) is 0 Å². The van der Waals surface area contributed by atoms with E-state index in [1.165, 1.54) is 0 Å². The highest BCUT2D eigenvalue weighted by atomic mass is 35.5. The van der Waals surface area contributed by atoms with Gasteiger partial charge < -0.3 is 5.32 Å². The van der Waals surface area contributed by atoms with Crippen LogP contribution in [0.5, 0.6) is 0 Å². The molecule has 2 amide bonds. The van der Waals surface area contributed by atoms with Gasteiger partial charge in [-0.05, 0) is 50.1 Å². The Hall–Kier alpha value is -2.59. The predicted molar refractivity (Wildman–Crippen MR) is 96.1 cm³/mol. The number of anilines is 2. The molecule has 0 saturated carbocycles. The third-order valence-corrected chi connectivity index (χ3v) is 4.32. The van der Waals surface area contributed by atoms with Crippen LogP contribution in [0.25, 0.3) is 0 Å². The van der Waals surface area contributed by atoms with Crippen LogP contribution in [-0.4, -0.2) is 11.8 Å². The highest BCUT2D eigenvalue weighted by molar-refractivity contribution is 6.53. The van der Waals surface area contributed by atoms with Crippen molar-refractivity contribution in [2.24, 2.45) is 0 Å². The van der Waals surface area contributed by atoms with Gasteiger partial charge in [-0.3, -0.25) is 9.59 Å². The number of carbonyl (C=O) groups excluding carboxylic acids is 2. The molecule has 24 heavy (non-hydrogen) atoms. The molecule has 5 heteroatoms. The largest absolute Gasteiger partial charge is 0.349 e. The van der Waals surface area contributed by atoms with Crippen molar-refractivity contribution in [3.63, 3.8) is 0 Å². The van der Waals surface area contributed by atoms with E-state index in [0.29, 0.717) is 5.69 Å². The average molecular weight is 341 g/mol. The molecular formula is C19H17ClN2O2. The second-order valence-electron chi connectivity index (χ2n) is 5.91. The minimum atomic E-state index is -0.515. The molecule has 0 unspecified atom stereocenters. The Kier molecular flexibility index (Phi) is 4.16. The van der Waals surface area contributed by atoms with E-state index >= 15 is 0 Å². The summed E-state index contributed by atoms with van der Waals surface area (Å²) in [6.45, 7) is 5.83. The van der Waals surface area contributed by atoms with Gasteiger partial charge in [0.05, 0.1) is 5.69 Å². The lowest BCUT2D eigenvalue weighted by Gasteiger charge is -2.16. The lowest BCUT2D eigenvalue weighted by molar-refractivity contribution is -0.120. The fourth-order valence-electron chi connectivity index (χ4n) is 2.54. The third-order valence-electron chi connectivity index (χ3n) is 3.97. The highest BCUT2D eigenvalue weighted by Gasteiger charge is 2.39. The molecule has 1 aliphatic heterocycles. The molecule has 0 fully saturated rings. The molecule has 3 rings (SSSR count). The summed E-state index contributed by atoms with van der Waals surface area (Å²) in [7, 11) is 0. The molecule has 4 nitrogen and oxygen atoms in total. The van der Waals surface area contributed by atoms with E-state index in [2.05, 4.69) is 5.32 Å². The van der Waals surface area contributed by atoms with Gasteiger partial charge in [0.1, 0.15) is 10.7 Å². The maximum Gasteiger partial charge on any atom is 0.283 e. The molecule has 0 atom stereocenters. The first kappa shape index (κ1) is 16.3. The van der Waals surface area contributed by atoms with Crippen LogP contribution in [0.2, 0.25) is 0 Å². The molecule has 0 spiro atoms. The predicted octanol–water partition coefficient (Wildman–Crippen LogP) is 4.05. The van der Waals surface area contributed by atoms with Crippen molar-refractivity contribution in [2.75, 3.05) is 10.2 Å². The Balaban J connectivity index is 1.94. The van der Waals surface area contributed by atoms with Gasteiger partial charge in [-0.1, -0.05) is 41.4 Å². The van der Waals surface area contributed by atoms with Crippen LogP contribution in [0.15, 0.2) is 53.2 Å². The van der Waals surface area contributed by atoms with Crippen molar-refractivity contribution in [1.82, 2.24) is 0 Å². The lowest BCUT2D eigenvalue weighted by Crippen LogP contribution is -2.32. The van der Waals surface area contributed by atoms with Crippen molar-refractivity contribution in [3.05, 3.63) is 69.9 Å². The molecule has 0 radical (unpaired) electrons. The Morgan fingerprint density at radius 3 is 2.17 bits per heavy atom. The van der Waals surface area contributed by atoms with Gasteiger partial charge in [-0.15, -0.1) is 0 Å². The van der Waals surface area contributed by atoms with E-state index in [1.807, 2.05) is 51.1 Å². The number of hydrogen-bond acceptors (Lipinski definition) is 3. The summed E-state index contributed by atoms with van der Waals surface area (Å²) in [6, 6.07) is 13.0. The second-order valence-corrected chi connectivity index (χ2v) is 6.29. The maximum absolute atomic E-state index is 12.7. The highest BCUT2D eigenvalue weighted by Crippen LogP contribution is 2.31. The molecular weight excluding hydrogens is 324 g/mol. The summed E-state index contributed by atoms with van der Waals surface area (Å²) in [5.74, 6) is -0.965. The summed E-state index contributed by atoms with van der Waals surface area (Å²) < 4.78 is 0. The Morgan fingerprint density at radius 1 is 0.875 bits per heavy atom. The van der Waals surface area contributed by atoms with Gasteiger partial charge in [-0.25, -0.2) is 4.90 Å².